The average Bonchev–Trinajstić information content (AvgIpc) is 2.47. The Balaban J connectivity index is 2.80. The molecule has 5 nitrogen and oxygen atoms in total. The van der Waals surface area contributed by atoms with E-state index in [0.717, 1.165) is 5.82 Å². The number of hydrogen-bond donors (Lipinski definition) is 0. The van der Waals surface area contributed by atoms with E-state index in [9.17, 15) is 0 Å². The zero-order valence-electron chi connectivity index (χ0n) is 6.39. The van der Waals surface area contributed by atoms with Crippen LogP contribution >= 0.6 is 0 Å². The van der Waals surface area contributed by atoms with Crippen molar-refractivity contribution in [1.82, 2.24) is 19.8 Å². The first-order chi connectivity index (χ1) is 5.81. The molecular formula is C7H5N5. The first kappa shape index (κ1) is 6.73. The summed E-state index contributed by atoms with van der Waals surface area (Å²) in [7, 11) is 0. The molecule has 0 N–H and O–H groups in total. The van der Waals surface area contributed by atoms with E-state index in [1.54, 1.807) is 17.5 Å². The van der Waals surface area contributed by atoms with Crippen LogP contribution in [0.4, 0.5) is 0 Å². The zero-order valence-corrected chi connectivity index (χ0v) is 6.39. The molecule has 2 heterocycles. The molecular weight excluding hydrogens is 154 g/mol. The van der Waals surface area contributed by atoms with Crippen LogP contribution in [0.1, 0.15) is 11.4 Å². The van der Waals surface area contributed by atoms with E-state index < -0.39 is 0 Å². The highest BCUT2D eigenvalue weighted by molar-refractivity contribution is 5.42. The molecule has 2 aromatic rings. The molecule has 0 amide bonds. The molecule has 2 rings (SSSR count). The van der Waals surface area contributed by atoms with Crippen molar-refractivity contribution in [3.8, 4) is 6.07 Å². The smallest absolute Gasteiger partial charge is 0.179 e. The van der Waals surface area contributed by atoms with Gasteiger partial charge in [-0.15, -0.1) is 10.2 Å². The molecule has 5 heteroatoms. The third kappa shape index (κ3) is 0.820. The summed E-state index contributed by atoms with van der Waals surface area (Å²) >= 11 is 0. The molecule has 0 aromatic carbocycles. The molecule has 0 aliphatic carbocycles. The first-order valence-corrected chi connectivity index (χ1v) is 3.39. The summed E-state index contributed by atoms with van der Waals surface area (Å²) in [6.07, 6.45) is 1.49. The lowest BCUT2D eigenvalue weighted by Crippen LogP contribution is -1.93. The Labute approximate surface area is 68.3 Å². The number of nitriles is 1. The fraction of sp³-hybridized carbons (Fsp3) is 0.143. The van der Waals surface area contributed by atoms with Gasteiger partial charge in [-0.05, 0) is 6.92 Å². The van der Waals surface area contributed by atoms with Gasteiger partial charge in [0.2, 0.25) is 0 Å². The van der Waals surface area contributed by atoms with Crippen molar-refractivity contribution in [3.63, 3.8) is 0 Å². The Bertz CT molecular complexity index is 464. The van der Waals surface area contributed by atoms with E-state index >= 15 is 0 Å². The molecule has 0 fully saturated rings. The van der Waals surface area contributed by atoms with Gasteiger partial charge in [-0.25, -0.2) is 0 Å². The molecule has 0 saturated carbocycles. The van der Waals surface area contributed by atoms with Gasteiger partial charge in [0.05, 0.1) is 11.8 Å². The summed E-state index contributed by atoms with van der Waals surface area (Å²) in [5, 5.41) is 20.2. The second kappa shape index (κ2) is 2.27. The molecule has 0 saturated heterocycles. The highest BCUT2D eigenvalue weighted by atomic mass is 15.4. The minimum absolute atomic E-state index is 0.495. The van der Waals surface area contributed by atoms with Crippen LogP contribution in [0.5, 0.6) is 0 Å². The summed E-state index contributed by atoms with van der Waals surface area (Å²) in [6, 6.07) is 3.63. The van der Waals surface area contributed by atoms with E-state index in [0.29, 0.717) is 11.2 Å². The number of aromatic nitrogens is 4. The average molecular weight is 159 g/mol. The standard InChI is InChI=1S/C7H5N5/c1-5-10-11-7-2-6(3-8)4-9-12(5)7/h2,4H,1H3. The van der Waals surface area contributed by atoms with Crippen molar-refractivity contribution < 1.29 is 0 Å². The van der Waals surface area contributed by atoms with E-state index in [1.807, 2.05) is 6.07 Å². The maximum Gasteiger partial charge on any atom is 0.179 e. The number of fused-ring (bicyclic) bond motifs is 1. The van der Waals surface area contributed by atoms with Gasteiger partial charge in [-0.2, -0.15) is 14.9 Å². The van der Waals surface area contributed by atoms with Gasteiger partial charge >= 0.3 is 0 Å². The quantitative estimate of drug-likeness (QED) is 0.554. The Morgan fingerprint density at radius 2 is 2.33 bits per heavy atom. The second-order valence-corrected chi connectivity index (χ2v) is 2.37. The van der Waals surface area contributed by atoms with Gasteiger partial charge in [0.15, 0.2) is 11.5 Å². The molecule has 2 aromatic heterocycles. The highest BCUT2D eigenvalue weighted by Crippen LogP contribution is 2.02. The van der Waals surface area contributed by atoms with Crippen LogP contribution in [0.3, 0.4) is 0 Å². The van der Waals surface area contributed by atoms with Crippen LogP contribution in [0, 0.1) is 18.3 Å². The van der Waals surface area contributed by atoms with E-state index in [1.165, 1.54) is 6.20 Å². The fourth-order valence-corrected chi connectivity index (χ4v) is 0.964. The molecule has 0 spiro atoms. The monoisotopic (exact) mass is 159 g/mol. The van der Waals surface area contributed by atoms with Crippen LogP contribution < -0.4 is 0 Å². The lowest BCUT2D eigenvalue weighted by Gasteiger charge is -1.91. The van der Waals surface area contributed by atoms with Gasteiger partial charge in [0.25, 0.3) is 0 Å². The van der Waals surface area contributed by atoms with Gasteiger partial charge in [-0.1, -0.05) is 0 Å². The van der Waals surface area contributed by atoms with Crippen molar-refractivity contribution in [3.05, 3.63) is 23.7 Å². The summed E-state index contributed by atoms with van der Waals surface area (Å²) < 4.78 is 1.58. The summed E-state index contributed by atoms with van der Waals surface area (Å²) in [5.41, 5.74) is 1.10. The minimum atomic E-state index is 0.495. The van der Waals surface area contributed by atoms with Gasteiger partial charge in [0, 0.05) is 6.07 Å². The van der Waals surface area contributed by atoms with Crippen LogP contribution in [0.25, 0.3) is 5.65 Å². The second-order valence-electron chi connectivity index (χ2n) is 2.37. The fourth-order valence-electron chi connectivity index (χ4n) is 0.964. The third-order valence-electron chi connectivity index (χ3n) is 1.55. The zero-order chi connectivity index (χ0) is 8.55. The normalized spacial score (nSPS) is 10.0. The van der Waals surface area contributed by atoms with Crippen molar-refractivity contribution in [2.45, 2.75) is 6.92 Å². The van der Waals surface area contributed by atoms with Gasteiger partial charge in [0.1, 0.15) is 6.07 Å². The maximum absolute atomic E-state index is 8.56. The topological polar surface area (TPSA) is 66.9 Å². The summed E-state index contributed by atoms with van der Waals surface area (Å²) in [4.78, 5) is 0. The molecule has 0 bridgehead atoms. The Morgan fingerprint density at radius 1 is 1.50 bits per heavy atom. The SMILES string of the molecule is Cc1nnc2cc(C#N)cnn12. The number of aryl methyl sites for hydroxylation is 1. The largest absolute Gasteiger partial charge is 0.198 e. The molecule has 12 heavy (non-hydrogen) atoms. The lowest BCUT2D eigenvalue weighted by molar-refractivity contribution is 0.873. The maximum atomic E-state index is 8.56. The van der Waals surface area contributed by atoms with Crippen molar-refractivity contribution in [2.24, 2.45) is 0 Å². The number of hydrogen-bond acceptors (Lipinski definition) is 4. The molecule has 58 valence electrons. The van der Waals surface area contributed by atoms with Crippen LogP contribution in [-0.4, -0.2) is 19.8 Å². The van der Waals surface area contributed by atoms with E-state index in [2.05, 4.69) is 15.3 Å². The molecule has 0 radical (unpaired) electrons. The summed E-state index contributed by atoms with van der Waals surface area (Å²) in [6.45, 7) is 1.80. The highest BCUT2D eigenvalue weighted by Gasteiger charge is 2.01. The first-order valence-electron chi connectivity index (χ1n) is 3.39. The van der Waals surface area contributed by atoms with Gasteiger partial charge in [-0.3, -0.25) is 0 Å². The summed E-state index contributed by atoms with van der Waals surface area (Å²) in [5.74, 6) is 0.717. The molecule has 0 unspecified atom stereocenters. The Morgan fingerprint density at radius 3 is 3.08 bits per heavy atom. The lowest BCUT2D eigenvalue weighted by atomic mass is 10.3. The third-order valence-corrected chi connectivity index (χ3v) is 1.55. The van der Waals surface area contributed by atoms with Crippen LogP contribution in [0.2, 0.25) is 0 Å². The molecule has 0 aliphatic heterocycles. The van der Waals surface area contributed by atoms with Crippen molar-refractivity contribution in [2.75, 3.05) is 0 Å². The van der Waals surface area contributed by atoms with Gasteiger partial charge < -0.3 is 0 Å². The predicted molar refractivity (Wildman–Crippen MR) is 40.2 cm³/mol. The van der Waals surface area contributed by atoms with E-state index in [4.69, 9.17) is 5.26 Å². The van der Waals surface area contributed by atoms with E-state index in [-0.39, 0.29) is 0 Å². The van der Waals surface area contributed by atoms with Crippen LogP contribution in [-0.2, 0) is 0 Å². The molecule has 0 aliphatic rings. The predicted octanol–water partition coefficient (Wildman–Crippen LogP) is 0.304. The number of nitrogens with zero attached hydrogens (tertiary/aromatic N) is 5. The van der Waals surface area contributed by atoms with Crippen LogP contribution in [0.15, 0.2) is 12.3 Å². The number of rotatable bonds is 0. The van der Waals surface area contributed by atoms with Crippen molar-refractivity contribution in [1.29, 1.82) is 5.26 Å². The minimum Gasteiger partial charge on any atom is -0.198 e. The Hall–Kier alpha value is -1.96. The van der Waals surface area contributed by atoms with Crippen molar-refractivity contribution >= 4 is 5.65 Å². The molecule has 0 atom stereocenters. The Kier molecular flexibility index (Phi) is 1.27.